The van der Waals surface area contributed by atoms with Crippen LogP contribution < -0.4 is 0 Å². The number of carbonyl (C=O) groups is 4. The van der Waals surface area contributed by atoms with E-state index in [1.165, 1.54) is 0 Å². The average Bonchev–Trinajstić information content (AvgIpc) is 2.82. The van der Waals surface area contributed by atoms with Crippen molar-refractivity contribution in [2.24, 2.45) is 0 Å². The predicted molar refractivity (Wildman–Crippen MR) is 117 cm³/mol. The number of hydrogen-bond acceptors (Lipinski definition) is 14. The number of carboxylic acids is 2. The van der Waals surface area contributed by atoms with Crippen LogP contribution in [0.3, 0.4) is 0 Å². The summed E-state index contributed by atoms with van der Waals surface area (Å²) in [6.45, 7) is 0. The Bertz CT molecular complexity index is 1150. The molecule has 0 aromatic rings. The molecule has 0 amide bonds. The van der Waals surface area contributed by atoms with Crippen molar-refractivity contribution in [3.8, 4) is 0 Å². The quantitative estimate of drug-likeness (QED) is 0.0745. The van der Waals surface area contributed by atoms with Crippen LogP contribution in [0.2, 0.25) is 0 Å². The van der Waals surface area contributed by atoms with Crippen LogP contribution in [0.4, 0.5) is 0 Å². The van der Waals surface area contributed by atoms with Gasteiger partial charge < -0.3 is 61.3 Å². The van der Waals surface area contributed by atoms with Gasteiger partial charge in [0.25, 0.3) is 22.8 Å². The lowest BCUT2D eigenvalue weighted by Gasteiger charge is -2.37. The average molecular weight is 542 g/mol. The maximum atomic E-state index is 12.7. The normalized spacial score (nSPS) is 29.3. The number of carbonyl (C=O) groups excluding carboxylic acids is 2. The lowest BCUT2D eigenvalue weighted by atomic mass is 9.75. The monoisotopic (exact) mass is 542 g/mol. The maximum absolute atomic E-state index is 12.7. The van der Waals surface area contributed by atoms with E-state index < -0.39 is 69.0 Å². The molecule has 2 rings (SSSR count). The summed E-state index contributed by atoms with van der Waals surface area (Å²) in [5, 5.41) is 119. The highest BCUT2D eigenvalue weighted by atomic mass is 16.6. The number of ketones is 2. The van der Waals surface area contributed by atoms with E-state index in [1.807, 2.05) is 0 Å². The van der Waals surface area contributed by atoms with Gasteiger partial charge in [-0.15, -0.1) is 0 Å². The highest BCUT2D eigenvalue weighted by molar-refractivity contribution is 6.26. The Hall–Kier alpha value is -4.00. The fraction of sp³-hybridized carbons (Fsp3) is 0.273. The summed E-state index contributed by atoms with van der Waals surface area (Å²) in [4.78, 5) is 49.0. The van der Waals surface area contributed by atoms with E-state index in [9.17, 15) is 80.5 Å². The van der Waals surface area contributed by atoms with Crippen molar-refractivity contribution < 1.29 is 80.5 Å². The highest BCUT2D eigenvalue weighted by Crippen LogP contribution is 2.35. The molecule has 0 saturated heterocycles. The van der Waals surface area contributed by atoms with Crippen LogP contribution in [0.15, 0.2) is 72.3 Å². The van der Waals surface area contributed by atoms with E-state index in [1.54, 1.807) is 0 Å². The summed E-state index contributed by atoms with van der Waals surface area (Å²) in [6, 6.07) is 0. The van der Waals surface area contributed by atoms with Crippen LogP contribution in [-0.2, 0) is 19.2 Å². The van der Waals surface area contributed by atoms with Crippen LogP contribution in [0.1, 0.15) is 0 Å². The number of aliphatic carboxylic acids is 2. The SMILES string of the molecule is O=C(O)C(O)(C(=O)/C=C/C1(O)C=CC=C(O)C1(O)O)C(O)(C(=O)O)C(=O)/C=C/C1(O)C=CC=C(O)C1(O)O. The van der Waals surface area contributed by atoms with Crippen molar-refractivity contribution in [3.05, 3.63) is 72.3 Å². The number of allylic oxidation sites excluding steroid dienone is 4. The Morgan fingerprint density at radius 1 is 0.632 bits per heavy atom. The molecule has 0 aliphatic heterocycles. The van der Waals surface area contributed by atoms with Gasteiger partial charge in [0.1, 0.15) is 0 Å². The van der Waals surface area contributed by atoms with Gasteiger partial charge in [0.15, 0.2) is 22.7 Å². The standard InChI is InChI=1S/C22H22O16/c23-11(5-9-17(31)7-1-3-13(25)21(17,35)36)19(33,15(27)28)20(34,16(29)30)12(24)6-10-18(32)8-2-4-14(26)22(18,37)38/h1-10,25-26,31-38H,(H,27,28)(H,29,30)/b9-5+,10-6+. The molecule has 0 fully saturated rings. The second-order valence-corrected chi connectivity index (χ2v) is 8.24. The van der Waals surface area contributed by atoms with Crippen LogP contribution in [-0.4, -0.2) is 119 Å². The third-order valence-corrected chi connectivity index (χ3v) is 5.87. The van der Waals surface area contributed by atoms with Gasteiger partial charge in [-0.1, -0.05) is 12.2 Å². The van der Waals surface area contributed by atoms with Gasteiger partial charge >= 0.3 is 11.9 Å². The van der Waals surface area contributed by atoms with E-state index >= 15 is 0 Å². The highest BCUT2D eigenvalue weighted by Gasteiger charge is 2.69. The lowest BCUT2D eigenvalue weighted by Crippen LogP contribution is -2.71. The third-order valence-electron chi connectivity index (χ3n) is 5.87. The molecule has 38 heavy (non-hydrogen) atoms. The molecule has 16 nitrogen and oxygen atoms in total. The molecule has 4 unspecified atom stereocenters. The fourth-order valence-electron chi connectivity index (χ4n) is 3.31. The summed E-state index contributed by atoms with van der Waals surface area (Å²) >= 11 is 0. The maximum Gasteiger partial charge on any atom is 0.348 e. The Kier molecular flexibility index (Phi) is 7.47. The zero-order valence-corrected chi connectivity index (χ0v) is 18.8. The predicted octanol–water partition coefficient (Wildman–Crippen LogP) is -4.28. The molecule has 0 saturated carbocycles. The first-order chi connectivity index (χ1) is 17.1. The zero-order valence-electron chi connectivity index (χ0n) is 18.8. The number of rotatable bonds is 9. The van der Waals surface area contributed by atoms with Crippen molar-refractivity contribution in [2.45, 2.75) is 34.0 Å². The molecule has 0 aromatic heterocycles. The van der Waals surface area contributed by atoms with Crippen LogP contribution in [0.25, 0.3) is 0 Å². The smallest absolute Gasteiger partial charge is 0.348 e. The molecule has 0 aromatic carbocycles. The second-order valence-electron chi connectivity index (χ2n) is 8.24. The first-order valence-corrected chi connectivity index (χ1v) is 10.1. The van der Waals surface area contributed by atoms with Crippen molar-refractivity contribution in [3.63, 3.8) is 0 Å². The molecule has 4 atom stereocenters. The summed E-state index contributed by atoms with van der Waals surface area (Å²) in [6.07, 6.45) is 4.24. The molecular formula is C22H22O16. The molecular weight excluding hydrogens is 520 g/mol. The van der Waals surface area contributed by atoms with Crippen molar-refractivity contribution in [1.82, 2.24) is 0 Å². The number of carboxylic acid groups (broad SMARTS) is 2. The zero-order chi connectivity index (χ0) is 29.5. The number of aliphatic hydroxyl groups excluding tert-OH is 2. The van der Waals surface area contributed by atoms with Gasteiger partial charge in [-0.2, -0.15) is 0 Å². The first kappa shape index (κ1) is 30.2. The molecule has 206 valence electrons. The summed E-state index contributed by atoms with van der Waals surface area (Å²) in [5.74, 6) is -19.8. The topological polar surface area (TPSA) is 311 Å². The minimum absolute atomic E-state index is 0.0993. The molecule has 0 radical (unpaired) electrons. The Balaban J connectivity index is 2.57. The minimum atomic E-state index is -4.60. The van der Waals surface area contributed by atoms with Gasteiger partial charge in [-0.05, 0) is 48.6 Å². The Labute approximate surface area is 210 Å². The minimum Gasteiger partial charge on any atom is -0.507 e. The van der Waals surface area contributed by atoms with Crippen LogP contribution in [0, 0.1) is 0 Å². The Morgan fingerprint density at radius 3 is 1.18 bits per heavy atom. The summed E-state index contributed by atoms with van der Waals surface area (Å²) in [5.41, 5.74) is -15.4. The molecule has 0 bridgehead atoms. The van der Waals surface area contributed by atoms with E-state index in [4.69, 9.17) is 0 Å². The van der Waals surface area contributed by atoms with Gasteiger partial charge in [0.05, 0.1) is 0 Å². The van der Waals surface area contributed by atoms with E-state index in [-0.39, 0.29) is 24.3 Å². The van der Waals surface area contributed by atoms with Crippen LogP contribution in [0.5, 0.6) is 0 Å². The molecule has 2 aliphatic carbocycles. The van der Waals surface area contributed by atoms with Gasteiger partial charge in [-0.3, -0.25) is 9.59 Å². The largest absolute Gasteiger partial charge is 0.507 e. The molecule has 12 N–H and O–H groups in total. The van der Waals surface area contributed by atoms with Gasteiger partial charge in [0.2, 0.25) is 11.6 Å². The van der Waals surface area contributed by atoms with Crippen LogP contribution >= 0.6 is 0 Å². The van der Waals surface area contributed by atoms with Crippen molar-refractivity contribution in [2.75, 3.05) is 0 Å². The summed E-state index contributed by atoms with van der Waals surface area (Å²) < 4.78 is 0. The lowest BCUT2D eigenvalue weighted by molar-refractivity contribution is -0.231. The van der Waals surface area contributed by atoms with E-state index in [0.717, 1.165) is 12.2 Å². The third kappa shape index (κ3) is 4.26. The second kappa shape index (κ2) is 9.39. The Morgan fingerprint density at radius 2 is 0.921 bits per heavy atom. The fourth-order valence-corrected chi connectivity index (χ4v) is 3.31. The molecule has 16 heteroatoms. The van der Waals surface area contributed by atoms with Crippen molar-refractivity contribution >= 4 is 23.5 Å². The van der Waals surface area contributed by atoms with Gasteiger partial charge in [0, 0.05) is 0 Å². The number of aliphatic hydroxyl groups is 10. The van der Waals surface area contributed by atoms with Crippen molar-refractivity contribution in [1.29, 1.82) is 0 Å². The molecule has 0 heterocycles. The number of hydrogen-bond donors (Lipinski definition) is 12. The van der Waals surface area contributed by atoms with E-state index in [2.05, 4.69) is 0 Å². The van der Waals surface area contributed by atoms with E-state index in [0.29, 0.717) is 24.3 Å². The van der Waals surface area contributed by atoms with Gasteiger partial charge in [-0.25, -0.2) is 9.59 Å². The molecule has 2 aliphatic rings. The molecule has 0 spiro atoms. The summed E-state index contributed by atoms with van der Waals surface area (Å²) in [7, 11) is 0. The first-order valence-electron chi connectivity index (χ1n) is 10.1.